The first kappa shape index (κ1) is 22.0. The van der Waals surface area contributed by atoms with Crippen LogP contribution in [-0.2, 0) is 25.6 Å². The van der Waals surface area contributed by atoms with E-state index in [1.807, 2.05) is 57.2 Å². The molecule has 0 radical (unpaired) electrons. The molecule has 0 aromatic heterocycles. The van der Waals surface area contributed by atoms with Gasteiger partial charge in [0, 0.05) is 0 Å². The molecule has 1 amide bonds. The van der Waals surface area contributed by atoms with Gasteiger partial charge in [-0.15, -0.1) is 0 Å². The minimum atomic E-state index is -0.636. The molecular weight excluding hydrogens is 358 g/mol. The molecule has 6 heteroatoms. The molecule has 1 aliphatic rings. The van der Waals surface area contributed by atoms with E-state index in [9.17, 15) is 9.59 Å². The van der Waals surface area contributed by atoms with Gasteiger partial charge in [0.2, 0.25) is 0 Å². The molecule has 0 heterocycles. The van der Waals surface area contributed by atoms with E-state index in [1.54, 1.807) is 0 Å². The molecule has 0 spiro atoms. The van der Waals surface area contributed by atoms with Gasteiger partial charge in [-0.25, -0.2) is 4.79 Å². The van der Waals surface area contributed by atoms with Crippen molar-refractivity contribution in [2.45, 2.75) is 64.9 Å². The number of allylic oxidation sites excluding steroid dienone is 1. The second kappa shape index (κ2) is 10.3. The molecule has 1 aromatic rings. The quantitative estimate of drug-likeness (QED) is 0.426. The maximum Gasteiger partial charge on any atom is 0.409 e. The van der Waals surface area contributed by atoms with Gasteiger partial charge in [0.05, 0.1) is 20.1 Å². The molecule has 154 valence electrons. The largest absolute Gasteiger partial charge is 0.469 e. The van der Waals surface area contributed by atoms with Crippen molar-refractivity contribution in [3.05, 3.63) is 47.5 Å². The Morgan fingerprint density at radius 2 is 1.96 bits per heavy atom. The summed E-state index contributed by atoms with van der Waals surface area (Å²) >= 11 is 0. The van der Waals surface area contributed by atoms with Crippen molar-refractivity contribution in [1.29, 1.82) is 0 Å². The van der Waals surface area contributed by atoms with Crippen LogP contribution < -0.4 is 5.32 Å². The summed E-state index contributed by atoms with van der Waals surface area (Å²) in [4.78, 5) is 23.9. The van der Waals surface area contributed by atoms with Gasteiger partial charge in [0.25, 0.3) is 0 Å². The third-order valence-electron chi connectivity index (χ3n) is 4.48. The zero-order chi connectivity index (χ0) is 20.6. The third-order valence-corrected chi connectivity index (χ3v) is 4.48. The lowest BCUT2D eigenvalue weighted by atomic mass is 9.98. The van der Waals surface area contributed by atoms with Gasteiger partial charge >= 0.3 is 12.1 Å². The van der Waals surface area contributed by atoms with Gasteiger partial charge in [0.15, 0.2) is 6.23 Å². The summed E-state index contributed by atoms with van der Waals surface area (Å²) in [5.41, 5.74) is 1.52. The van der Waals surface area contributed by atoms with Gasteiger partial charge in [-0.3, -0.25) is 10.1 Å². The number of alkyl carbamates (subject to hydrolysis) is 1. The van der Waals surface area contributed by atoms with Crippen LogP contribution >= 0.6 is 0 Å². The number of carbonyl (C=O) groups is 2. The van der Waals surface area contributed by atoms with Crippen LogP contribution in [0.25, 0.3) is 0 Å². The Labute approximate surface area is 167 Å². The Kier molecular flexibility index (Phi) is 8.05. The number of nitrogens with one attached hydrogen (secondary N) is 1. The number of benzene rings is 1. The van der Waals surface area contributed by atoms with Crippen LogP contribution in [0.15, 0.2) is 42.0 Å². The average molecular weight is 389 g/mol. The lowest BCUT2D eigenvalue weighted by Crippen LogP contribution is -2.39. The van der Waals surface area contributed by atoms with Gasteiger partial charge in [-0.05, 0) is 57.6 Å². The van der Waals surface area contributed by atoms with Crippen LogP contribution in [0, 0.1) is 5.92 Å². The Balaban J connectivity index is 2.09. The smallest absolute Gasteiger partial charge is 0.409 e. The minimum absolute atomic E-state index is 0.121. The molecule has 0 unspecified atom stereocenters. The van der Waals surface area contributed by atoms with Crippen molar-refractivity contribution in [2.24, 2.45) is 5.92 Å². The Hall–Kier alpha value is -2.34. The standard InChI is InChI=1S/C22H31NO5/c1-22(2,3)28-21(25)23-19(27-15-16-9-6-5-7-10-16)13-17-11-8-12-18(17)14-20(24)26-4/h5-7,9-10,13,18-19H,8,11-12,14-15H2,1-4H3,(H,23,25)/b17-13+/t18-,19-/m0/s1. The van der Waals surface area contributed by atoms with Crippen molar-refractivity contribution in [3.63, 3.8) is 0 Å². The third kappa shape index (κ3) is 7.72. The molecule has 6 nitrogen and oxygen atoms in total. The lowest BCUT2D eigenvalue weighted by molar-refractivity contribution is -0.141. The maximum absolute atomic E-state index is 12.2. The first-order valence-electron chi connectivity index (χ1n) is 9.69. The molecule has 0 aliphatic heterocycles. The number of ether oxygens (including phenoxy) is 3. The SMILES string of the molecule is COC(=O)C[C@@H]1CCC/C1=C\[C@@H](NC(=O)OC(C)(C)C)OCc1ccccc1. The van der Waals surface area contributed by atoms with E-state index in [0.29, 0.717) is 13.0 Å². The van der Waals surface area contributed by atoms with E-state index in [-0.39, 0.29) is 11.9 Å². The van der Waals surface area contributed by atoms with Gasteiger partial charge in [0.1, 0.15) is 5.60 Å². The van der Waals surface area contributed by atoms with E-state index in [0.717, 1.165) is 30.4 Å². The fourth-order valence-electron chi connectivity index (χ4n) is 3.19. The number of esters is 1. The molecule has 1 aromatic carbocycles. The second-order valence-electron chi connectivity index (χ2n) is 7.97. The summed E-state index contributed by atoms with van der Waals surface area (Å²) in [6, 6.07) is 9.76. The molecule has 2 rings (SSSR count). The van der Waals surface area contributed by atoms with E-state index in [4.69, 9.17) is 14.2 Å². The lowest BCUT2D eigenvalue weighted by Gasteiger charge is -2.23. The fourth-order valence-corrected chi connectivity index (χ4v) is 3.19. The van der Waals surface area contributed by atoms with Crippen LogP contribution in [0.2, 0.25) is 0 Å². The summed E-state index contributed by atoms with van der Waals surface area (Å²) in [6.07, 6.45) is 3.90. The molecule has 1 saturated carbocycles. The first-order chi connectivity index (χ1) is 13.3. The Morgan fingerprint density at radius 1 is 1.25 bits per heavy atom. The number of methoxy groups -OCH3 is 1. The first-order valence-corrected chi connectivity index (χ1v) is 9.69. The van der Waals surface area contributed by atoms with Crippen LogP contribution in [-0.4, -0.2) is 31.0 Å². The van der Waals surface area contributed by atoms with Crippen molar-refractivity contribution >= 4 is 12.1 Å². The van der Waals surface area contributed by atoms with Crippen LogP contribution in [0.4, 0.5) is 4.79 Å². The monoisotopic (exact) mass is 389 g/mol. The molecule has 1 fully saturated rings. The summed E-state index contributed by atoms with van der Waals surface area (Å²) in [5.74, 6) is -0.102. The van der Waals surface area contributed by atoms with Gasteiger partial charge < -0.3 is 14.2 Å². The second-order valence-corrected chi connectivity index (χ2v) is 7.97. The molecule has 1 aliphatic carbocycles. The highest BCUT2D eigenvalue weighted by Crippen LogP contribution is 2.34. The van der Waals surface area contributed by atoms with Crippen molar-refractivity contribution in [2.75, 3.05) is 7.11 Å². The van der Waals surface area contributed by atoms with E-state index < -0.39 is 17.9 Å². The average Bonchev–Trinajstić information content (AvgIpc) is 3.05. The number of hydrogen-bond acceptors (Lipinski definition) is 5. The van der Waals surface area contributed by atoms with E-state index in [2.05, 4.69) is 5.32 Å². The summed E-state index contributed by atoms with van der Waals surface area (Å²) < 4.78 is 16.1. The maximum atomic E-state index is 12.2. The predicted octanol–water partition coefficient (Wildman–Crippen LogP) is 4.34. The number of rotatable bonds is 7. The van der Waals surface area contributed by atoms with Crippen LogP contribution in [0.3, 0.4) is 0 Å². The van der Waals surface area contributed by atoms with E-state index in [1.165, 1.54) is 7.11 Å². The molecular formula is C22H31NO5. The zero-order valence-corrected chi connectivity index (χ0v) is 17.2. The summed E-state index contributed by atoms with van der Waals surface area (Å²) in [7, 11) is 1.40. The Morgan fingerprint density at radius 3 is 2.61 bits per heavy atom. The number of amides is 1. The fraction of sp³-hybridized carbons (Fsp3) is 0.545. The molecule has 0 bridgehead atoms. The molecule has 0 saturated heterocycles. The summed E-state index contributed by atoms with van der Waals surface area (Å²) in [5, 5.41) is 2.78. The van der Waals surface area contributed by atoms with Crippen molar-refractivity contribution in [3.8, 4) is 0 Å². The van der Waals surface area contributed by atoms with Crippen LogP contribution in [0.1, 0.15) is 52.0 Å². The predicted molar refractivity (Wildman–Crippen MR) is 106 cm³/mol. The molecule has 28 heavy (non-hydrogen) atoms. The minimum Gasteiger partial charge on any atom is -0.469 e. The zero-order valence-electron chi connectivity index (χ0n) is 17.2. The highest BCUT2D eigenvalue weighted by molar-refractivity contribution is 5.70. The van der Waals surface area contributed by atoms with Gasteiger partial charge in [-0.1, -0.05) is 35.9 Å². The van der Waals surface area contributed by atoms with E-state index >= 15 is 0 Å². The van der Waals surface area contributed by atoms with Crippen LogP contribution in [0.5, 0.6) is 0 Å². The highest BCUT2D eigenvalue weighted by atomic mass is 16.6. The number of hydrogen-bond donors (Lipinski definition) is 1. The highest BCUT2D eigenvalue weighted by Gasteiger charge is 2.26. The molecule has 1 N–H and O–H groups in total. The summed E-state index contributed by atoms with van der Waals surface area (Å²) in [6.45, 7) is 5.80. The van der Waals surface area contributed by atoms with Crippen molar-refractivity contribution in [1.82, 2.24) is 5.32 Å². The topological polar surface area (TPSA) is 73.9 Å². The Bertz CT molecular complexity index is 678. The van der Waals surface area contributed by atoms with Crippen molar-refractivity contribution < 1.29 is 23.8 Å². The normalized spacial score (nSPS) is 19.3. The number of carbonyl (C=O) groups excluding carboxylic acids is 2. The van der Waals surface area contributed by atoms with Gasteiger partial charge in [-0.2, -0.15) is 0 Å². The molecule has 2 atom stereocenters.